The molecule has 0 aliphatic carbocycles. The first-order chi connectivity index (χ1) is 9.95. The summed E-state index contributed by atoms with van der Waals surface area (Å²) in [6.07, 6.45) is 2.18. The van der Waals surface area contributed by atoms with E-state index < -0.39 is 0 Å². The van der Waals surface area contributed by atoms with Gasteiger partial charge in [0.05, 0.1) is 0 Å². The van der Waals surface area contributed by atoms with Crippen molar-refractivity contribution in [3.8, 4) is 11.3 Å². The number of unbranched alkanes of at least 4 members (excludes halogenated alkanes) is 1. The first-order valence-electron chi connectivity index (χ1n) is 7.58. The molecule has 21 heavy (non-hydrogen) atoms. The van der Waals surface area contributed by atoms with Gasteiger partial charge >= 0.3 is 0 Å². The Morgan fingerprint density at radius 1 is 1.33 bits per heavy atom. The second kappa shape index (κ2) is 6.29. The minimum Gasteiger partial charge on any atom is -0.383 e. The molecule has 1 aromatic carbocycles. The Labute approximate surface area is 126 Å². The van der Waals surface area contributed by atoms with Crippen LogP contribution in [0, 0.1) is 12.7 Å². The van der Waals surface area contributed by atoms with E-state index in [1.54, 1.807) is 13.0 Å². The Morgan fingerprint density at radius 2 is 2.05 bits per heavy atom. The average molecular weight is 289 g/mol. The van der Waals surface area contributed by atoms with Crippen molar-refractivity contribution in [2.45, 2.75) is 53.0 Å². The van der Waals surface area contributed by atoms with E-state index in [4.69, 9.17) is 10.7 Å². The van der Waals surface area contributed by atoms with E-state index in [1.807, 2.05) is 6.07 Å². The summed E-state index contributed by atoms with van der Waals surface area (Å²) in [5, 5.41) is 0. The quantitative estimate of drug-likeness (QED) is 0.880. The Kier molecular flexibility index (Phi) is 4.66. The van der Waals surface area contributed by atoms with Gasteiger partial charge in [0.2, 0.25) is 0 Å². The highest BCUT2D eigenvalue weighted by Gasteiger charge is 2.18. The van der Waals surface area contributed by atoms with Crippen molar-refractivity contribution >= 4 is 5.82 Å². The predicted octanol–water partition coefficient (Wildman–Crippen LogP) is 4.50. The van der Waals surface area contributed by atoms with Gasteiger partial charge in [-0.1, -0.05) is 27.2 Å². The lowest BCUT2D eigenvalue weighted by Crippen LogP contribution is -2.08. The summed E-state index contributed by atoms with van der Waals surface area (Å²) in [6, 6.07) is 5.03. The molecule has 1 heterocycles. The smallest absolute Gasteiger partial charge is 0.131 e. The van der Waals surface area contributed by atoms with Crippen LogP contribution < -0.4 is 5.73 Å². The molecular weight excluding hydrogens is 265 g/mol. The maximum Gasteiger partial charge on any atom is 0.131 e. The number of aryl methyl sites for hydroxylation is 1. The fourth-order valence-corrected chi connectivity index (χ4v) is 2.48. The number of imidazole rings is 1. The first kappa shape index (κ1) is 15.5. The molecule has 2 N–H and O–H groups in total. The standard InChI is InChI=1S/C17H24FN3/c1-5-6-9-21-16(19)15(20-17(21)11(2)3)13-7-8-14(18)12(4)10-13/h7-8,10-11H,5-6,9,19H2,1-4H3. The highest BCUT2D eigenvalue weighted by molar-refractivity contribution is 5.71. The summed E-state index contributed by atoms with van der Waals surface area (Å²) in [6.45, 7) is 9.02. The summed E-state index contributed by atoms with van der Waals surface area (Å²) in [5.41, 5.74) is 8.56. The van der Waals surface area contributed by atoms with Crippen molar-refractivity contribution in [2.75, 3.05) is 5.73 Å². The van der Waals surface area contributed by atoms with Crippen LogP contribution in [0.2, 0.25) is 0 Å². The fraction of sp³-hybridized carbons (Fsp3) is 0.471. The van der Waals surface area contributed by atoms with Gasteiger partial charge in [-0.05, 0) is 37.1 Å². The number of nitrogens with two attached hydrogens (primary N) is 1. The van der Waals surface area contributed by atoms with Crippen molar-refractivity contribution in [1.29, 1.82) is 0 Å². The number of aromatic nitrogens is 2. The van der Waals surface area contributed by atoms with Gasteiger partial charge in [0.25, 0.3) is 0 Å². The highest BCUT2D eigenvalue weighted by atomic mass is 19.1. The van der Waals surface area contributed by atoms with Crippen LogP contribution in [-0.4, -0.2) is 9.55 Å². The Bertz CT molecular complexity index is 629. The topological polar surface area (TPSA) is 43.8 Å². The summed E-state index contributed by atoms with van der Waals surface area (Å²) < 4.78 is 15.5. The minimum absolute atomic E-state index is 0.202. The molecule has 0 spiro atoms. The summed E-state index contributed by atoms with van der Waals surface area (Å²) in [5.74, 6) is 1.78. The normalized spacial score (nSPS) is 11.3. The molecule has 0 radical (unpaired) electrons. The summed E-state index contributed by atoms with van der Waals surface area (Å²) in [7, 11) is 0. The second-order valence-corrected chi connectivity index (χ2v) is 5.83. The van der Waals surface area contributed by atoms with Gasteiger partial charge in [0.1, 0.15) is 23.2 Å². The molecule has 3 nitrogen and oxygen atoms in total. The van der Waals surface area contributed by atoms with Crippen LogP contribution in [0.1, 0.15) is 50.9 Å². The third kappa shape index (κ3) is 3.09. The third-order valence-electron chi connectivity index (χ3n) is 3.72. The van der Waals surface area contributed by atoms with Crippen molar-refractivity contribution in [3.63, 3.8) is 0 Å². The lowest BCUT2D eigenvalue weighted by molar-refractivity contribution is 0.588. The number of nitrogen functional groups attached to an aromatic ring is 1. The second-order valence-electron chi connectivity index (χ2n) is 5.83. The van der Waals surface area contributed by atoms with Crippen molar-refractivity contribution in [3.05, 3.63) is 35.4 Å². The zero-order valence-electron chi connectivity index (χ0n) is 13.3. The van der Waals surface area contributed by atoms with Crippen LogP contribution >= 0.6 is 0 Å². The molecule has 0 amide bonds. The fourth-order valence-electron chi connectivity index (χ4n) is 2.48. The molecule has 0 saturated heterocycles. The molecule has 114 valence electrons. The largest absolute Gasteiger partial charge is 0.383 e. The lowest BCUT2D eigenvalue weighted by Gasteiger charge is -2.11. The number of rotatable bonds is 5. The van der Waals surface area contributed by atoms with E-state index >= 15 is 0 Å². The average Bonchev–Trinajstić information content (AvgIpc) is 2.77. The number of nitrogens with zero attached hydrogens (tertiary/aromatic N) is 2. The van der Waals surface area contributed by atoms with Crippen LogP contribution in [0.5, 0.6) is 0 Å². The van der Waals surface area contributed by atoms with E-state index in [9.17, 15) is 4.39 Å². The van der Waals surface area contributed by atoms with Crippen LogP contribution in [0.3, 0.4) is 0 Å². The monoisotopic (exact) mass is 289 g/mol. The van der Waals surface area contributed by atoms with Gasteiger partial charge in [0.15, 0.2) is 0 Å². The van der Waals surface area contributed by atoms with Gasteiger partial charge in [0, 0.05) is 18.0 Å². The van der Waals surface area contributed by atoms with Crippen LogP contribution in [0.25, 0.3) is 11.3 Å². The predicted molar refractivity (Wildman–Crippen MR) is 85.8 cm³/mol. The molecule has 0 unspecified atom stereocenters. The van der Waals surface area contributed by atoms with Crippen molar-refractivity contribution in [1.82, 2.24) is 9.55 Å². The lowest BCUT2D eigenvalue weighted by atomic mass is 10.1. The van der Waals surface area contributed by atoms with Gasteiger partial charge in [-0.3, -0.25) is 0 Å². The van der Waals surface area contributed by atoms with Crippen molar-refractivity contribution in [2.24, 2.45) is 0 Å². The Morgan fingerprint density at radius 3 is 2.62 bits per heavy atom. The van der Waals surface area contributed by atoms with E-state index in [0.29, 0.717) is 17.3 Å². The summed E-state index contributed by atoms with van der Waals surface area (Å²) in [4.78, 5) is 4.72. The summed E-state index contributed by atoms with van der Waals surface area (Å²) >= 11 is 0. The van der Waals surface area contributed by atoms with Gasteiger partial charge < -0.3 is 10.3 Å². The van der Waals surface area contributed by atoms with Crippen molar-refractivity contribution < 1.29 is 4.39 Å². The van der Waals surface area contributed by atoms with E-state index in [0.717, 1.165) is 36.5 Å². The number of benzene rings is 1. The molecular formula is C17H24FN3. The maximum absolute atomic E-state index is 13.4. The SMILES string of the molecule is CCCCn1c(C(C)C)nc(-c2ccc(F)c(C)c2)c1N. The number of halogens is 1. The Hall–Kier alpha value is -1.84. The molecule has 0 aliphatic rings. The highest BCUT2D eigenvalue weighted by Crippen LogP contribution is 2.30. The maximum atomic E-state index is 13.4. The molecule has 0 bridgehead atoms. The zero-order chi connectivity index (χ0) is 15.6. The van der Waals surface area contributed by atoms with Gasteiger partial charge in [-0.25, -0.2) is 9.37 Å². The number of anilines is 1. The molecule has 0 fully saturated rings. The molecule has 4 heteroatoms. The molecule has 2 rings (SSSR count). The molecule has 1 aromatic heterocycles. The molecule has 0 aliphatic heterocycles. The van der Waals surface area contributed by atoms with Gasteiger partial charge in [-0.2, -0.15) is 0 Å². The first-order valence-corrected chi connectivity index (χ1v) is 7.58. The number of hydrogen-bond donors (Lipinski definition) is 1. The molecule has 0 atom stereocenters. The van der Waals surface area contributed by atoms with Crippen LogP contribution in [0.15, 0.2) is 18.2 Å². The molecule has 0 saturated carbocycles. The number of hydrogen-bond acceptors (Lipinski definition) is 2. The minimum atomic E-state index is -0.202. The Balaban J connectivity index is 2.51. The zero-order valence-corrected chi connectivity index (χ0v) is 13.3. The molecule has 2 aromatic rings. The van der Waals surface area contributed by atoms with E-state index in [-0.39, 0.29) is 5.82 Å². The van der Waals surface area contributed by atoms with E-state index in [2.05, 4.69) is 25.3 Å². The van der Waals surface area contributed by atoms with Crippen LogP contribution in [0.4, 0.5) is 10.2 Å². The van der Waals surface area contributed by atoms with Crippen LogP contribution in [-0.2, 0) is 6.54 Å². The van der Waals surface area contributed by atoms with E-state index in [1.165, 1.54) is 6.07 Å². The van der Waals surface area contributed by atoms with Gasteiger partial charge in [-0.15, -0.1) is 0 Å². The third-order valence-corrected chi connectivity index (χ3v) is 3.72.